The van der Waals surface area contributed by atoms with Crippen molar-refractivity contribution in [1.29, 1.82) is 0 Å². The van der Waals surface area contributed by atoms with Crippen molar-refractivity contribution in [2.45, 2.75) is 43.5 Å². The fourth-order valence-electron chi connectivity index (χ4n) is 2.05. The zero-order valence-corrected chi connectivity index (χ0v) is 13.4. The molecule has 2 heteroatoms. The maximum absolute atomic E-state index is 3.48. The second-order valence-electron chi connectivity index (χ2n) is 5.13. The van der Waals surface area contributed by atoms with Gasteiger partial charge in [-0.25, -0.2) is 0 Å². The van der Waals surface area contributed by atoms with Gasteiger partial charge in [0, 0.05) is 16.3 Å². The molecule has 0 atom stereocenters. The first-order valence-corrected chi connectivity index (χ1v) is 8.06. The fraction of sp³-hybridized carbons (Fsp3) is 0.333. The molecule has 0 aliphatic rings. The molecule has 0 saturated carbocycles. The van der Waals surface area contributed by atoms with Crippen molar-refractivity contribution in [1.82, 2.24) is 5.32 Å². The Morgan fingerprint density at radius 1 is 1.00 bits per heavy atom. The normalized spacial score (nSPS) is 10.8. The molecule has 0 aliphatic heterocycles. The van der Waals surface area contributed by atoms with E-state index in [1.165, 1.54) is 32.9 Å². The zero-order chi connectivity index (χ0) is 14.4. The molecule has 0 bridgehead atoms. The molecule has 0 radical (unpaired) electrons. The van der Waals surface area contributed by atoms with Gasteiger partial charge >= 0.3 is 0 Å². The van der Waals surface area contributed by atoms with Crippen molar-refractivity contribution in [3.8, 4) is 0 Å². The topological polar surface area (TPSA) is 12.0 Å². The molecule has 0 amide bonds. The summed E-state index contributed by atoms with van der Waals surface area (Å²) in [6.07, 6.45) is 1.17. The van der Waals surface area contributed by atoms with Crippen molar-refractivity contribution in [3.05, 3.63) is 59.2 Å². The SMILES string of the molecule is CCCNCc1ccccc1Sc1ccc(C)c(C)c1. The average molecular weight is 285 g/mol. The van der Waals surface area contributed by atoms with E-state index in [2.05, 4.69) is 68.6 Å². The standard InChI is InChI=1S/C18H23NS/c1-4-11-19-13-16-7-5-6-8-18(16)20-17-10-9-14(2)15(3)12-17/h5-10,12,19H,4,11,13H2,1-3H3. The predicted octanol–water partition coefficient (Wildman–Crippen LogP) is 4.95. The molecular weight excluding hydrogens is 262 g/mol. The van der Waals surface area contributed by atoms with Crippen LogP contribution in [0.3, 0.4) is 0 Å². The van der Waals surface area contributed by atoms with E-state index < -0.39 is 0 Å². The van der Waals surface area contributed by atoms with Crippen LogP contribution in [0, 0.1) is 13.8 Å². The zero-order valence-electron chi connectivity index (χ0n) is 12.6. The summed E-state index contributed by atoms with van der Waals surface area (Å²) < 4.78 is 0. The van der Waals surface area contributed by atoms with Crippen LogP contribution in [0.4, 0.5) is 0 Å². The van der Waals surface area contributed by atoms with Crippen LogP contribution in [0.2, 0.25) is 0 Å². The Labute approximate surface area is 126 Å². The van der Waals surface area contributed by atoms with E-state index in [9.17, 15) is 0 Å². The van der Waals surface area contributed by atoms with E-state index >= 15 is 0 Å². The first-order chi connectivity index (χ1) is 9.70. The molecule has 2 aromatic carbocycles. The lowest BCUT2D eigenvalue weighted by atomic mass is 10.1. The molecule has 0 spiro atoms. The largest absolute Gasteiger partial charge is 0.313 e. The molecule has 0 aromatic heterocycles. The summed E-state index contributed by atoms with van der Waals surface area (Å²) in [6.45, 7) is 8.55. The van der Waals surface area contributed by atoms with Gasteiger partial charge in [-0.05, 0) is 61.7 Å². The Balaban J connectivity index is 2.13. The molecule has 1 nitrogen and oxygen atoms in total. The number of hydrogen-bond donors (Lipinski definition) is 1. The van der Waals surface area contributed by atoms with E-state index in [1.807, 2.05) is 11.8 Å². The third-order valence-electron chi connectivity index (χ3n) is 3.42. The van der Waals surface area contributed by atoms with Crippen molar-refractivity contribution < 1.29 is 0 Å². The summed E-state index contributed by atoms with van der Waals surface area (Å²) in [6, 6.07) is 15.4. The minimum Gasteiger partial charge on any atom is -0.313 e. The lowest BCUT2D eigenvalue weighted by molar-refractivity contribution is 0.669. The van der Waals surface area contributed by atoms with Gasteiger partial charge in [0.05, 0.1) is 0 Å². The monoisotopic (exact) mass is 285 g/mol. The van der Waals surface area contributed by atoms with Gasteiger partial charge in [-0.1, -0.05) is 43.0 Å². The Kier molecular flexibility index (Phi) is 5.69. The summed E-state index contributed by atoms with van der Waals surface area (Å²) in [7, 11) is 0. The van der Waals surface area contributed by atoms with Crippen LogP contribution in [0.5, 0.6) is 0 Å². The fourth-order valence-corrected chi connectivity index (χ4v) is 3.10. The van der Waals surface area contributed by atoms with E-state index in [-0.39, 0.29) is 0 Å². The number of nitrogens with one attached hydrogen (secondary N) is 1. The van der Waals surface area contributed by atoms with E-state index in [4.69, 9.17) is 0 Å². The summed E-state index contributed by atoms with van der Waals surface area (Å²) in [5.41, 5.74) is 4.09. The third-order valence-corrected chi connectivity index (χ3v) is 4.53. The Hall–Kier alpha value is -1.25. The Morgan fingerprint density at radius 2 is 1.80 bits per heavy atom. The summed E-state index contributed by atoms with van der Waals surface area (Å²) in [5.74, 6) is 0. The second-order valence-corrected chi connectivity index (χ2v) is 6.25. The number of aryl methyl sites for hydroxylation is 2. The van der Waals surface area contributed by atoms with Gasteiger partial charge in [0.1, 0.15) is 0 Å². The maximum Gasteiger partial charge on any atom is 0.0216 e. The predicted molar refractivity (Wildman–Crippen MR) is 88.5 cm³/mol. The van der Waals surface area contributed by atoms with Crippen LogP contribution in [0.1, 0.15) is 30.0 Å². The van der Waals surface area contributed by atoms with Gasteiger partial charge in [0.2, 0.25) is 0 Å². The number of rotatable bonds is 6. The quantitative estimate of drug-likeness (QED) is 0.753. The molecule has 1 N–H and O–H groups in total. The average Bonchev–Trinajstić information content (AvgIpc) is 2.45. The summed E-state index contributed by atoms with van der Waals surface area (Å²) >= 11 is 1.86. The molecule has 0 saturated heterocycles. The van der Waals surface area contributed by atoms with Gasteiger partial charge in [-0.3, -0.25) is 0 Å². The molecule has 106 valence electrons. The van der Waals surface area contributed by atoms with E-state index in [1.54, 1.807) is 0 Å². The molecule has 20 heavy (non-hydrogen) atoms. The third kappa shape index (κ3) is 4.12. The van der Waals surface area contributed by atoms with Gasteiger partial charge in [-0.2, -0.15) is 0 Å². The number of hydrogen-bond acceptors (Lipinski definition) is 2. The molecule has 0 unspecified atom stereocenters. The number of benzene rings is 2. The lowest BCUT2D eigenvalue weighted by Crippen LogP contribution is -2.14. The Morgan fingerprint density at radius 3 is 2.55 bits per heavy atom. The molecule has 0 heterocycles. The highest BCUT2D eigenvalue weighted by Gasteiger charge is 2.04. The highest BCUT2D eigenvalue weighted by atomic mass is 32.2. The van der Waals surface area contributed by atoms with Gasteiger partial charge in [0.25, 0.3) is 0 Å². The van der Waals surface area contributed by atoms with Crippen molar-refractivity contribution in [2.75, 3.05) is 6.54 Å². The molecule has 0 fully saturated rings. The maximum atomic E-state index is 3.48. The van der Waals surface area contributed by atoms with Crippen LogP contribution in [-0.4, -0.2) is 6.54 Å². The smallest absolute Gasteiger partial charge is 0.0216 e. The van der Waals surface area contributed by atoms with Crippen molar-refractivity contribution in [2.24, 2.45) is 0 Å². The van der Waals surface area contributed by atoms with Crippen LogP contribution >= 0.6 is 11.8 Å². The van der Waals surface area contributed by atoms with Crippen LogP contribution in [0.15, 0.2) is 52.3 Å². The second kappa shape index (κ2) is 7.51. The Bertz CT molecular complexity index is 563. The summed E-state index contributed by atoms with van der Waals surface area (Å²) in [4.78, 5) is 2.66. The highest BCUT2D eigenvalue weighted by molar-refractivity contribution is 7.99. The minimum absolute atomic E-state index is 0.946. The first-order valence-electron chi connectivity index (χ1n) is 7.24. The van der Waals surface area contributed by atoms with E-state index in [0.717, 1.165) is 13.1 Å². The summed E-state index contributed by atoms with van der Waals surface area (Å²) in [5, 5.41) is 3.48. The van der Waals surface area contributed by atoms with Gasteiger partial charge in [0.15, 0.2) is 0 Å². The van der Waals surface area contributed by atoms with E-state index in [0.29, 0.717) is 0 Å². The molecule has 2 aromatic rings. The molecule has 0 aliphatic carbocycles. The molecule has 2 rings (SSSR count). The molecular formula is C18H23NS. The van der Waals surface area contributed by atoms with Crippen LogP contribution in [0.25, 0.3) is 0 Å². The van der Waals surface area contributed by atoms with Crippen molar-refractivity contribution in [3.63, 3.8) is 0 Å². The minimum atomic E-state index is 0.946. The van der Waals surface area contributed by atoms with Crippen molar-refractivity contribution >= 4 is 11.8 Å². The van der Waals surface area contributed by atoms with Gasteiger partial charge in [-0.15, -0.1) is 0 Å². The highest BCUT2D eigenvalue weighted by Crippen LogP contribution is 2.31. The van der Waals surface area contributed by atoms with Crippen LogP contribution < -0.4 is 5.32 Å². The first kappa shape index (κ1) is 15.1. The van der Waals surface area contributed by atoms with Gasteiger partial charge < -0.3 is 5.32 Å². The van der Waals surface area contributed by atoms with Crippen LogP contribution in [-0.2, 0) is 6.54 Å². The lowest BCUT2D eigenvalue weighted by Gasteiger charge is -2.11.